The van der Waals surface area contributed by atoms with Crippen molar-refractivity contribution in [3.63, 3.8) is 0 Å². The number of hydrogen-bond acceptors (Lipinski definition) is 4. The summed E-state index contributed by atoms with van der Waals surface area (Å²) >= 11 is 0. The van der Waals surface area contributed by atoms with Crippen LogP contribution < -0.4 is 5.32 Å². The minimum absolute atomic E-state index is 0.0127. The van der Waals surface area contributed by atoms with Crippen LogP contribution in [-0.2, 0) is 29.2 Å². The third kappa shape index (κ3) is 5.34. The predicted molar refractivity (Wildman–Crippen MR) is 99.8 cm³/mol. The van der Waals surface area contributed by atoms with Gasteiger partial charge < -0.3 is 24.3 Å². The van der Waals surface area contributed by atoms with Crippen molar-refractivity contribution in [2.45, 2.75) is 32.7 Å². The molecule has 0 saturated carbocycles. The molecular weight excluding hydrogens is 330 g/mol. The number of hydrogen-bond donors (Lipinski definition) is 1. The summed E-state index contributed by atoms with van der Waals surface area (Å²) in [6, 6.07) is 11.8. The number of nitrogens with one attached hydrogen (secondary N) is 1. The predicted octanol–water partition coefficient (Wildman–Crippen LogP) is 2.64. The molecule has 1 unspecified atom stereocenters. The molecule has 1 aliphatic heterocycles. The van der Waals surface area contributed by atoms with Gasteiger partial charge in [-0.25, -0.2) is 4.79 Å². The number of nitrogens with zero attached hydrogens (tertiary/aromatic N) is 2. The fraction of sp³-hybridized carbons (Fsp3) is 0.450. The Balaban J connectivity index is 1.39. The first-order valence-electron chi connectivity index (χ1n) is 9.17. The molecule has 1 N–H and O–H groups in total. The maximum absolute atomic E-state index is 12.3. The van der Waals surface area contributed by atoms with E-state index in [0.717, 1.165) is 18.7 Å². The molecule has 1 fully saturated rings. The van der Waals surface area contributed by atoms with Gasteiger partial charge >= 0.3 is 6.09 Å². The lowest BCUT2D eigenvalue weighted by molar-refractivity contribution is -0.0271. The molecule has 6 nitrogen and oxygen atoms in total. The van der Waals surface area contributed by atoms with E-state index in [1.54, 1.807) is 4.90 Å². The number of aromatic nitrogens is 1. The standard InChI is InChI=1S/C20H27N3O3/c1-2-22-9-8-18(14-22)12-21-13-19-15-23(10-11-25-19)20(24)26-16-17-6-4-3-5-7-17/h3-9,14,19,21H,2,10-13,15-16H2,1H3. The Bertz CT molecular complexity index is 687. The first kappa shape index (κ1) is 18.5. The van der Waals surface area contributed by atoms with Gasteiger partial charge in [-0.2, -0.15) is 0 Å². The molecule has 0 radical (unpaired) electrons. The van der Waals surface area contributed by atoms with Crippen LogP contribution in [0.25, 0.3) is 0 Å². The van der Waals surface area contributed by atoms with E-state index < -0.39 is 0 Å². The van der Waals surface area contributed by atoms with Crippen LogP contribution in [0.15, 0.2) is 48.8 Å². The van der Waals surface area contributed by atoms with E-state index in [0.29, 0.717) is 32.8 Å². The molecule has 1 aromatic carbocycles. The molecule has 2 aromatic rings. The second kappa shape index (κ2) is 9.40. The van der Waals surface area contributed by atoms with Crippen LogP contribution >= 0.6 is 0 Å². The zero-order chi connectivity index (χ0) is 18.2. The SMILES string of the molecule is CCn1ccc(CNCC2CN(C(=O)OCc3ccccc3)CCO2)c1. The molecule has 3 rings (SSSR count). The van der Waals surface area contributed by atoms with Crippen LogP contribution in [0.4, 0.5) is 4.79 Å². The molecule has 26 heavy (non-hydrogen) atoms. The number of rotatable bonds is 7. The van der Waals surface area contributed by atoms with Crippen LogP contribution in [0.5, 0.6) is 0 Å². The van der Waals surface area contributed by atoms with Gasteiger partial charge in [-0.3, -0.25) is 0 Å². The van der Waals surface area contributed by atoms with Crippen molar-refractivity contribution in [1.82, 2.24) is 14.8 Å². The summed E-state index contributed by atoms with van der Waals surface area (Å²) in [5, 5.41) is 3.41. The second-order valence-corrected chi connectivity index (χ2v) is 6.46. The summed E-state index contributed by atoms with van der Waals surface area (Å²) in [5.74, 6) is 0. The number of carbonyl (C=O) groups excluding carboxylic acids is 1. The van der Waals surface area contributed by atoms with E-state index in [4.69, 9.17) is 9.47 Å². The van der Waals surface area contributed by atoms with Crippen LogP contribution in [-0.4, -0.2) is 47.9 Å². The zero-order valence-electron chi connectivity index (χ0n) is 15.3. The van der Waals surface area contributed by atoms with Crippen molar-refractivity contribution in [1.29, 1.82) is 0 Å². The largest absolute Gasteiger partial charge is 0.445 e. The van der Waals surface area contributed by atoms with E-state index in [1.807, 2.05) is 30.3 Å². The minimum atomic E-state index is -0.276. The first-order chi connectivity index (χ1) is 12.7. The van der Waals surface area contributed by atoms with E-state index in [9.17, 15) is 4.79 Å². The highest BCUT2D eigenvalue weighted by atomic mass is 16.6. The van der Waals surface area contributed by atoms with Gasteiger partial charge in [0.25, 0.3) is 0 Å². The Morgan fingerprint density at radius 3 is 2.88 bits per heavy atom. The fourth-order valence-electron chi connectivity index (χ4n) is 2.99. The average Bonchev–Trinajstić information content (AvgIpc) is 3.15. The summed E-state index contributed by atoms with van der Waals surface area (Å²) in [6.07, 6.45) is 3.93. The highest BCUT2D eigenvalue weighted by molar-refractivity contribution is 5.67. The topological polar surface area (TPSA) is 55.7 Å². The molecule has 0 bridgehead atoms. The number of aryl methyl sites for hydroxylation is 1. The molecular formula is C20H27N3O3. The van der Waals surface area contributed by atoms with E-state index >= 15 is 0 Å². The van der Waals surface area contributed by atoms with Gasteiger partial charge in [0.1, 0.15) is 6.61 Å². The minimum Gasteiger partial charge on any atom is -0.445 e. The third-order valence-corrected chi connectivity index (χ3v) is 4.48. The van der Waals surface area contributed by atoms with Crippen molar-refractivity contribution in [2.24, 2.45) is 0 Å². The van der Waals surface area contributed by atoms with Crippen LogP contribution in [0.1, 0.15) is 18.1 Å². The number of morpholine rings is 1. The molecule has 2 heterocycles. The van der Waals surface area contributed by atoms with E-state index in [1.165, 1.54) is 5.56 Å². The molecule has 1 aromatic heterocycles. The second-order valence-electron chi connectivity index (χ2n) is 6.46. The summed E-state index contributed by atoms with van der Waals surface area (Å²) in [7, 11) is 0. The molecule has 6 heteroatoms. The highest BCUT2D eigenvalue weighted by Gasteiger charge is 2.25. The van der Waals surface area contributed by atoms with Gasteiger partial charge in [0.15, 0.2) is 0 Å². The molecule has 140 valence electrons. The van der Waals surface area contributed by atoms with Gasteiger partial charge in [0, 0.05) is 38.6 Å². The Labute approximate surface area is 154 Å². The molecule has 0 spiro atoms. The van der Waals surface area contributed by atoms with Crippen molar-refractivity contribution in [3.05, 3.63) is 59.9 Å². The number of amides is 1. The first-order valence-corrected chi connectivity index (χ1v) is 9.17. The summed E-state index contributed by atoms with van der Waals surface area (Å²) in [6.45, 7) is 6.57. The van der Waals surface area contributed by atoms with Crippen molar-refractivity contribution in [2.75, 3.05) is 26.2 Å². The lowest BCUT2D eigenvalue weighted by Gasteiger charge is -2.32. The van der Waals surface area contributed by atoms with Crippen molar-refractivity contribution in [3.8, 4) is 0 Å². The van der Waals surface area contributed by atoms with Gasteiger partial charge in [-0.05, 0) is 24.1 Å². The van der Waals surface area contributed by atoms with E-state index in [-0.39, 0.29) is 12.2 Å². The Morgan fingerprint density at radius 2 is 2.12 bits per heavy atom. The van der Waals surface area contributed by atoms with Crippen LogP contribution in [0.3, 0.4) is 0 Å². The van der Waals surface area contributed by atoms with Crippen molar-refractivity contribution >= 4 is 6.09 Å². The quantitative estimate of drug-likeness (QED) is 0.828. The summed E-state index contributed by atoms with van der Waals surface area (Å²) in [4.78, 5) is 14.0. The lowest BCUT2D eigenvalue weighted by atomic mass is 10.2. The smallest absolute Gasteiger partial charge is 0.410 e. The van der Waals surface area contributed by atoms with Crippen molar-refractivity contribution < 1.29 is 14.3 Å². The molecule has 1 atom stereocenters. The molecule has 1 aliphatic rings. The molecule has 1 saturated heterocycles. The third-order valence-electron chi connectivity index (χ3n) is 4.48. The Kier molecular flexibility index (Phi) is 6.68. The van der Waals surface area contributed by atoms with E-state index in [2.05, 4.69) is 35.3 Å². The number of carbonyl (C=O) groups is 1. The lowest BCUT2D eigenvalue weighted by Crippen LogP contribution is -2.49. The van der Waals surface area contributed by atoms with Crippen LogP contribution in [0, 0.1) is 0 Å². The fourth-order valence-corrected chi connectivity index (χ4v) is 2.99. The monoisotopic (exact) mass is 357 g/mol. The van der Waals surface area contributed by atoms with Gasteiger partial charge in [0.05, 0.1) is 19.3 Å². The Hall–Kier alpha value is -2.31. The Morgan fingerprint density at radius 1 is 1.27 bits per heavy atom. The molecule has 0 aliphatic carbocycles. The molecule has 1 amide bonds. The maximum atomic E-state index is 12.3. The number of ether oxygens (including phenoxy) is 2. The normalized spacial score (nSPS) is 17.3. The van der Waals surface area contributed by atoms with Gasteiger partial charge in [-0.1, -0.05) is 30.3 Å². The van der Waals surface area contributed by atoms with Gasteiger partial charge in [0.2, 0.25) is 0 Å². The highest BCUT2D eigenvalue weighted by Crippen LogP contribution is 2.09. The zero-order valence-corrected chi connectivity index (χ0v) is 15.3. The summed E-state index contributed by atoms with van der Waals surface area (Å²) in [5.41, 5.74) is 2.24. The maximum Gasteiger partial charge on any atom is 0.410 e. The number of benzene rings is 1. The van der Waals surface area contributed by atoms with Gasteiger partial charge in [-0.15, -0.1) is 0 Å². The summed E-state index contributed by atoms with van der Waals surface area (Å²) < 4.78 is 13.3. The van der Waals surface area contributed by atoms with Crippen LogP contribution in [0.2, 0.25) is 0 Å². The average molecular weight is 357 g/mol.